The zero-order valence-electron chi connectivity index (χ0n) is 19.5. The van der Waals surface area contributed by atoms with Gasteiger partial charge in [0.25, 0.3) is 10.0 Å². The predicted octanol–water partition coefficient (Wildman–Crippen LogP) is 4.04. The van der Waals surface area contributed by atoms with E-state index in [9.17, 15) is 18.0 Å². The Labute approximate surface area is 209 Å². The first-order chi connectivity index (χ1) is 17.3. The summed E-state index contributed by atoms with van der Waals surface area (Å²) in [5, 5.41) is 14.9. The average molecular weight is 508 g/mol. The Kier molecular flexibility index (Phi) is 7.35. The number of ether oxygens (including phenoxy) is 1. The maximum absolute atomic E-state index is 13.0. The molecule has 1 aliphatic rings. The highest BCUT2D eigenvalue weighted by Gasteiger charge is 2.35. The third-order valence-corrected chi connectivity index (χ3v) is 7.13. The van der Waals surface area contributed by atoms with Crippen LogP contribution in [-0.2, 0) is 19.6 Å². The van der Waals surface area contributed by atoms with Crippen molar-refractivity contribution in [3.05, 3.63) is 90.0 Å². The first kappa shape index (κ1) is 24.9. The van der Waals surface area contributed by atoms with Gasteiger partial charge in [0.1, 0.15) is 5.75 Å². The number of hydrazone groups is 1. The second-order valence-electron chi connectivity index (χ2n) is 8.10. The molecule has 1 amide bonds. The molecule has 36 heavy (non-hydrogen) atoms. The maximum Gasteiger partial charge on any atom is 0.303 e. The third-order valence-electron chi connectivity index (χ3n) is 5.75. The van der Waals surface area contributed by atoms with Crippen LogP contribution in [0.3, 0.4) is 0 Å². The average Bonchev–Trinajstić information content (AvgIpc) is 3.33. The van der Waals surface area contributed by atoms with Crippen LogP contribution in [0.1, 0.15) is 36.4 Å². The van der Waals surface area contributed by atoms with Crippen molar-refractivity contribution in [2.24, 2.45) is 5.10 Å². The lowest BCUT2D eigenvalue weighted by atomic mass is 9.97. The standard InChI is InChI=1S/C26H25N3O6S/c1-35-24-14-8-6-12-20(24)23-17-22(27-29(23)25(30)15-16-26(31)32)19-11-5-7-13-21(19)28-36(33,34)18-9-3-2-4-10-18/h2-14,23,28H,15-17H2,1H3,(H,31,32)/t23-/m0/s1. The number of amides is 1. The Morgan fingerprint density at radius 3 is 2.39 bits per heavy atom. The van der Waals surface area contributed by atoms with Gasteiger partial charge in [-0.1, -0.05) is 54.6 Å². The molecular formula is C26H25N3O6S. The molecule has 2 N–H and O–H groups in total. The molecule has 0 radical (unpaired) electrons. The van der Waals surface area contributed by atoms with Gasteiger partial charge in [-0.25, -0.2) is 13.4 Å². The Bertz CT molecular complexity index is 1410. The van der Waals surface area contributed by atoms with E-state index in [1.165, 1.54) is 24.3 Å². The molecule has 0 fully saturated rings. The van der Waals surface area contributed by atoms with Crippen LogP contribution < -0.4 is 9.46 Å². The number of aliphatic carboxylic acids is 1. The second kappa shape index (κ2) is 10.6. The van der Waals surface area contributed by atoms with Crippen molar-refractivity contribution < 1.29 is 27.9 Å². The van der Waals surface area contributed by atoms with Gasteiger partial charge in [0, 0.05) is 24.0 Å². The minimum Gasteiger partial charge on any atom is -0.496 e. The van der Waals surface area contributed by atoms with Gasteiger partial charge >= 0.3 is 5.97 Å². The number of rotatable bonds is 9. The number of sulfonamides is 1. The molecule has 0 spiro atoms. The largest absolute Gasteiger partial charge is 0.496 e. The van der Waals surface area contributed by atoms with Crippen LogP contribution in [0.2, 0.25) is 0 Å². The van der Waals surface area contributed by atoms with E-state index in [0.29, 0.717) is 28.3 Å². The van der Waals surface area contributed by atoms with Crippen molar-refractivity contribution in [1.29, 1.82) is 0 Å². The van der Waals surface area contributed by atoms with Crippen LogP contribution in [-0.4, -0.2) is 43.2 Å². The molecule has 186 valence electrons. The summed E-state index contributed by atoms with van der Waals surface area (Å²) in [6.45, 7) is 0. The fourth-order valence-electron chi connectivity index (χ4n) is 4.04. The molecule has 0 unspecified atom stereocenters. The molecule has 0 aromatic heterocycles. The molecule has 0 saturated carbocycles. The van der Waals surface area contributed by atoms with Crippen molar-refractivity contribution >= 4 is 33.3 Å². The Balaban J connectivity index is 1.71. The number of benzene rings is 3. The zero-order chi connectivity index (χ0) is 25.7. The quantitative estimate of drug-likeness (QED) is 0.450. The molecule has 4 rings (SSSR count). The van der Waals surface area contributed by atoms with E-state index >= 15 is 0 Å². The Morgan fingerprint density at radius 2 is 1.67 bits per heavy atom. The van der Waals surface area contributed by atoms with Crippen molar-refractivity contribution in [3.8, 4) is 5.75 Å². The molecular weight excluding hydrogens is 482 g/mol. The molecule has 3 aromatic carbocycles. The highest BCUT2D eigenvalue weighted by molar-refractivity contribution is 7.92. The number of carbonyl (C=O) groups is 2. The number of methoxy groups -OCH3 is 1. The lowest BCUT2D eigenvalue weighted by molar-refractivity contribution is -0.141. The van der Waals surface area contributed by atoms with E-state index in [2.05, 4.69) is 9.82 Å². The van der Waals surface area contributed by atoms with Crippen LogP contribution in [0.25, 0.3) is 0 Å². The fraction of sp³-hybridized carbons (Fsp3) is 0.192. The third kappa shape index (κ3) is 5.38. The summed E-state index contributed by atoms with van der Waals surface area (Å²) >= 11 is 0. The van der Waals surface area contributed by atoms with Gasteiger partial charge in [0.2, 0.25) is 5.91 Å². The molecule has 0 aliphatic carbocycles. The highest BCUT2D eigenvalue weighted by Crippen LogP contribution is 2.39. The first-order valence-electron chi connectivity index (χ1n) is 11.2. The highest BCUT2D eigenvalue weighted by atomic mass is 32.2. The van der Waals surface area contributed by atoms with Gasteiger partial charge in [0.05, 0.1) is 35.9 Å². The number of hydrogen-bond donors (Lipinski definition) is 2. The van der Waals surface area contributed by atoms with Crippen molar-refractivity contribution in [2.45, 2.75) is 30.2 Å². The Hall–Kier alpha value is -4.18. The monoisotopic (exact) mass is 507 g/mol. The molecule has 0 saturated heterocycles. The van der Waals surface area contributed by atoms with Crippen molar-refractivity contribution in [3.63, 3.8) is 0 Å². The van der Waals surface area contributed by atoms with E-state index in [1.807, 2.05) is 18.2 Å². The normalized spacial score (nSPS) is 15.3. The van der Waals surface area contributed by atoms with E-state index < -0.39 is 27.9 Å². The summed E-state index contributed by atoms with van der Waals surface area (Å²) in [6, 6.07) is 21.5. The molecule has 9 nitrogen and oxygen atoms in total. The van der Waals surface area contributed by atoms with Gasteiger partial charge in [-0.15, -0.1) is 0 Å². The fourth-order valence-corrected chi connectivity index (χ4v) is 5.14. The van der Waals surface area contributed by atoms with Crippen LogP contribution in [0, 0.1) is 0 Å². The molecule has 0 bridgehead atoms. The topological polar surface area (TPSA) is 125 Å². The van der Waals surface area contributed by atoms with E-state index in [0.717, 1.165) is 0 Å². The molecule has 1 heterocycles. The van der Waals surface area contributed by atoms with Crippen LogP contribution in [0.15, 0.2) is 88.9 Å². The number of hydrogen-bond acceptors (Lipinski definition) is 6. The van der Waals surface area contributed by atoms with Crippen molar-refractivity contribution in [1.82, 2.24) is 5.01 Å². The second-order valence-corrected chi connectivity index (χ2v) is 9.79. The van der Waals surface area contributed by atoms with Gasteiger partial charge in [0.15, 0.2) is 0 Å². The minimum atomic E-state index is -3.86. The number of carbonyl (C=O) groups excluding carboxylic acids is 1. The van der Waals surface area contributed by atoms with E-state index in [-0.39, 0.29) is 24.2 Å². The summed E-state index contributed by atoms with van der Waals surface area (Å²) in [5.74, 6) is -0.972. The lowest BCUT2D eigenvalue weighted by Crippen LogP contribution is -2.27. The lowest BCUT2D eigenvalue weighted by Gasteiger charge is -2.23. The smallest absolute Gasteiger partial charge is 0.303 e. The van der Waals surface area contributed by atoms with E-state index in [4.69, 9.17) is 9.84 Å². The Morgan fingerprint density at radius 1 is 1.00 bits per heavy atom. The summed E-state index contributed by atoms with van der Waals surface area (Å²) in [5.41, 5.74) is 2.04. The molecule has 1 atom stereocenters. The summed E-state index contributed by atoms with van der Waals surface area (Å²) in [4.78, 5) is 24.2. The zero-order valence-corrected chi connectivity index (χ0v) is 20.3. The summed E-state index contributed by atoms with van der Waals surface area (Å²) < 4.78 is 34.1. The number of anilines is 1. The molecule has 1 aliphatic heterocycles. The molecule has 10 heteroatoms. The van der Waals surface area contributed by atoms with Gasteiger partial charge < -0.3 is 9.84 Å². The molecule has 3 aromatic rings. The van der Waals surface area contributed by atoms with Crippen LogP contribution >= 0.6 is 0 Å². The van der Waals surface area contributed by atoms with Crippen LogP contribution in [0.5, 0.6) is 5.75 Å². The van der Waals surface area contributed by atoms with Crippen molar-refractivity contribution in [2.75, 3.05) is 11.8 Å². The number of para-hydroxylation sites is 2. The maximum atomic E-state index is 13.0. The number of nitrogens with zero attached hydrogens (tertiary/aromatic N) is 2. The number of carboxylic acids is 1. The van der Waals surface area contributed by atoms with Gasteiger partial charge in [-0.05, 0) is 24.3 Å². The van der Waals surface area contributed by atoms with E-state index in [1.54, 1.807) is 48.5 Å². The number of nitrogens with one attached hydrogen (secondary N) is 1. The summed E-state index contributed by atoms with van der Waals surface area (Å²) in [6.07, 6.45) is -0.268. The van der Waals surface area contributed by atoms with Gasteiger partial charge in [-0.3, -0.25) is 14.3 Å². The summed E-state index contributed by atoms with van der Waals surface area (Å²) in [7, 11) is -2.33. The first-order valence-corrected chi connectivity index (χ1v) is 12.7. The van der Waals surface area contributed by atoms with Gasteiger partial charge in [-0.2, -0.15) is 5.10 Å². The minimum absolute atomic E-state index is 0.116. The predicted molar refractivity (Wildman–Crippen MR) is 134 cm³/mol. The number of carboxylic acid groups (broad SMARTS) is 1. The SMILES string of the molecule is COc1ccccc1[C@@H]1CC(c2ccccc2NS(=O)(=O)c2ccccc2)=NN1C(=O)CCC(=O)O. The van der Waals surface area contributed by atoms with Crippen LogP contribution in [0.4, 0.5) is 5.69 Å².